The topological polar surface area (TPSA) is 48.1 Å². The van der Waals surface area contributed by atoms with Gasteiger partial charge in [0.05, 0.1) is 16.8 Å². The van der Waals surface area contributed by atoms with Crippen LogP contribution < -0.4 is 10.5 Å². The second-order valence-electron chi connectivity index (χ2n) is 3.42. The Morgan fingerprint density at radius 3 is 2.83 bits per heavy atom. The second kappa shape index (κ2) is 5.65. The predicted molar refractivity (Wildman–Crippen MR) is 79.4 cm³/mol. The Hall–Kier alpha value is -1.17. The summed E-state index contributed by atoms with van der Waals surface area (Å²) >= 11 is 14.2. The van der Waals surface area contributed by atoms with Crippen molar-refractivity contribution in [1.29, 1.82) is 0 Å². The van der Waals surface area contributed by atoms with Crippen LogP contribution in [0.1, 0.15) is 5.56 Å². The minimum Gasteiger partial charge on any atom is -0.455 e. The summed E-state index contributed by atoms with van der Waals surface area (Å²) < 4.78 is 6.47. The molecule has 0 aliphatic heterocycles. The number of hydrogen-bond donors (Lipinski definition) is 1. The normalized spacial score (nSPS) is 10.1. The average molecular weight is 344 g/mol. The van der Waals surface area contributed by atoms with E-state index in [0.29, 0.717) is 22.1 Å². The number of halogens is 2. The third kappa shape index (κ3) is 2.98. The molecule has 1 heterocycles. The molecule has 1 aromatic carbocycles. The van der Waals surface area contributed by atoms with Gasteiger partial charge in [0.1, 0.15) is 16.5 Å². The summed E-state index contributed by atoms with van der Waals surface area (Å²) in [7, 11) is 0. The van der Waals surface area contributed by atoms with Crippen LogP contribution in [0.3, 0.4) is 0 Å². The molecule has 0 unspecified atom stereocenters. The molecule has 0 radical (unpaired) electrons. The summed E-state index contributed by atoms with van der Waals surface area (Å²) in [6.07, 6.45) is 3.10. The van der Waals surface area contributed by atoms with Crippen LogP contribution in [0.4, 0.5) is 0 Å². The van der Waals surface area contributed by atoms with E-state index in [1.165, 1.54) is 6.20 Å². The van der Waals surface area contributed by atoms with E-state index in [9.17, 15) is 0 Å². The zero-order valence-corrected chi connectivity index (χ0v) is 12.2. The largest absolute Gasteiger partial charge is 0.455 e. The van der Waals surface area contributed by atoms with Crippen LogP contribution in [-0.4, -0.2) is 9.97 Å². The van der Waals surface area contributed by atoms with Crippen molar-refractivity contribution in [2.75, 3.05) is 0 Å². The zero-order valence-electron chi connectivity index (χ0n) is 9.06. The summed E-state index contributed by atoms with van der Waals surface area (Å²) in [5.74, 6) is 1.08. The first kappa shape index (κ1) is 13.3. The SMILES string of the molecule is NC(=S)c1c(Br)cccc1Oc1cncc(Cl)c1. The van der Waals surface area contributed by atoms with Gasteiger partial charge < -0.3 is 10.5 Å². The molecule has 92 valence electrons. The Morgan fingerprint density at radius 1 is 1.39 bits per heavy atom. The van der Waals surface area contributed by atoms with Gasteiger partial charge in [0, 0.05) is 16.7 Å². The molecule has 2 N–H and O–H groups in total. The molecular formula is C12H8BrClN2OS. The highest BCUT2D eigenvalue weighted by atomic mass is 79.9. The highest BCUT2D eigenvalue weighted by molar-refractivity contribution is 9.10. The summed E-state index contributed by atoms with van der Waals surface area (Å²) in [6.45, 7) is 0. The van der Waals surface area contributed by atoms with Gasteiger partial charge in [-0.1, -0.05) is 29.9 Å². The molecule has 0 spiro atoms. The monoisotopic (exact) mass is 342 g/mol. The Kier molecular flexibility index (Phi) is 4.16. The first-order chi connectivity index (χ1) is 8.58. The first-order valence-electron chi connectivity index (χ1n) is 4.94. The molecule has 0 aliphatic rings. The van der Waals surface area contributed by atoms with Crippen molar-refractivity contribution in [2.24, 2.45) is 5.73 Å². The van der Waals surface area contributed by atoms with Gasteiger partial charge in [0.15, 0.2) is 0 Å². The lowest BCUT2D eigenvalue weighted by molar-refractivity contribution is 0.479. The van der Waals surface area contributed by atoms with Gasteiger partial charge in [-0.15, -0.1) is 0 Å². The molecule has 0 fully saturated rings. The van der Waals surface area contributed by atoms with Crippen molar-refractivity contribution in [1.82, 2.24) is 4.98 Å². The van der Waals surface area contributed by atoms with Crippen LogP contribution in [0.15, 0.2) is 41.1 Å². The molecule has 1 aromatic heterocycles. The van der Waals surface area contributed by atoms with Crippen molar-refractivity contribution in [3.05, 3.63) is 51.7 Å². The third-order valence-electron chi connectivity index (χ3n) is 2.13. The van der Waals surface area contributed by atoms with Crippen LogP contribution in [0, 0.1) is 0 Å². The van der Waals surface area contributed by atoms with E-state index in [1.54, 1.807) is 18.3 Å². The minimum absolute atomic E-state index is 0.257. The highest BCUT2D eigenvalue weighted by Gasteiger charge is 2.11. The quantitative estimate of drug-likeness (QED) is 0.858. The van der Waals surface area contributed by atoms with Crippen molar-refractivity contribution in [3.63, 3.8) is 0 Å². The number of thiocarbonyl (C=S) groups is 1. The maximum Gasteiger partial charge on any atom is 0.147 e. The fourth-order valence-electron chi connectivity index (χ4n) is 1.40. The van der Waals surface area contributed by atoms with Gasteiger partial charge in [-0.25, -0.2) is 0 Å². The molecule has 2 aromatic rings. The van der Waals surface area contributed by atoms with E-state index in [1.807, 2.05) is 12.1 Å². The fourth-order valence-corrected chi connectivity index (χ4v) is 2.47. The van der Waals surface area contributed by atoms with E-state index >= 15 is 0 Å². The maximum absolute atomic E-state index is 5.84. The fraction of sp³-hybridized carbons (Fsp3) is 0. The summed E-state index contributed by atoms with van der Waals surface area (Å²) in [4.78, 5) is 4.20. The molecule has 0 atom stereocenters. The Bertz CT molecular complexity index is 606. The van der Waals surface area contributed by atoms with Crippen molar-refractivity contribution >= 4 is 44.7 Å². The van der Waals surface area contributed by atoms with Crippen LogP contribution in [0.5, 0.6) is 11.5 Å². The van der Waals surface area contributed by atoms with Gasteiger partial charge in [0.2, 0.25) is 0 Å². The number of ether oxygens (including phenoxy) is 1. The number of aromatic nitrogens is 1. The third-order valence-corrected chi connectivity index (χ3v) is 3.20. The van der Waals surface area contributed by atoms with E-state index in [-0.39, 0.29) is 4.99 Å². The summed E-state index contributed by atoms with van der Waals surface area (Å²) in [5.41, 5.74) is 6.32. The number of pyridine rings is 1. The Balaban J connectivity index is 2.40. The van der Waals surface area contributed by atoms with Crippen molar-refractivity contribution in [3.8, 4) is 11.5 Å². The first-order valence-corrected chi connectivity index (χ1v) is 6.52. The van der Waals surface area contributed by atoms with Crippen molar-refractivity contribution < 1.29 is 4.74 Å². The highest BCUT2D eigenvalue weighted by Crippen LogP contribution is 2.31. The minimum atomic E-state index is 0.257. The molecule has 3 nitrogen and oxygen atoms in total. The smallest absolute Gasteiger partial charge is 0.147 e. The Morgan fingerprint density at radius 2 is 2.17 bits per heavy atom. The molecule has 0 bridgehead atoms. The lowest BCUT2D eigenvalue weighted by atomic mass is 10.2. The van der Waals surface area contributed by atoms with Crippen molar-refractivity contribution in [2.45, 2.75) is 0 Å². The van der Waals surface area contributed by atoms with Crippen LogP contribution in [0.25, 0.3) is 0 Å². The van der Waals surface area contributed by atoms with Gasteiger partial charge in [-0.3, -0.25) is 4.98 Å². The summed E-state index contributed by atoms with van der Waals surface area (Å²) in [6, 6.07) is 7.12. The lowest BCUT2D eigenvalue weighted by Gasteiger charge is -2.11. The number of nitrogens with two attached hydrogens (primary N) is 1. The van der Waals surface area contributed by atoms with Gasteiger partial charge in [0.25, 0.3) is 0 Å². The number of benzene rings is 1. The molecule has 2 rings (SSSR count). The van der Waals surface area contributed by atoms with E-state index < -0.39 is 0 Å². The van der Waals surface area contributed by atoms with E-state index in [0.717, 1.165) is 4.47 Å². The van der Waals surface area contributed by atoms with Crippen LogP contribution >= 0.6 is 39.7 Å². The molecule has 6 heteroatoms. The molecule has 0 saturated carbocycles. The molecule has 18 heavy (non-hydrogen) atoms. The molecule has 0 amide bonds. The van der Waals surface area contributed by atoms with E-state index in [4.69, 9.17) is 34.3 Å². The van der Waals surface area contributed by atoms with Gasteiger partial charge in [-0.2, -0.15) is 0 Å². The number of nitrogens with zero attached hydrogens (tertiary/aromatic N) is 1. The summed E-state index contributed by atoms with van der Waals surface area (Å²) in [5, 5.41) is 0.499. The van der Waals surface area contributed by atoms with Gasteiger partial charge >= 0.3 is 0 Å². The average Bonchev–Trinajstić information content (AvgIpc) is 2.28. The molecule has 0 saturated heterocycles. The predicted octanol–water partition coefficient (Wildman–Crippen LogP) is 3.92. The van der Waals surface area contributed by atoms with Crippen LogP contribution in [0.2, 0.25) is 5.02 Å². The number of hydrogen-bond acceptors (Lipinski definition) is 3. The second-order valence-corrected chi connectivity index (χ2v) is 5.15. The zero-order chi connectivity index (χ0) is 13.1. The standard InChI is InChI=1S/C12H8BrClN2OS/c13-9-2-1-3-10(11(9)12(15)18)17-8-4-7(14)5-16-6-8/h1-6H,(H2,15,18). The van der Waals surface area contributed by atoms with Crippen LogP contribution in [-0.2, 0) is 0 Å². The Labute approximate surface area is 123 Å². The van der Waals surface area contributed by atoms with Gasteiger partial charge in [-0.05, 0) is 28.1 Å². The van der Waals surface area contributed by atoms with E-state index in [2.05, 4.69) is 20.9 Å². The maximum atomic E-state index is 5.84. The molecular weight excluding hydrogens is 336 g/mol. The number of rotatable bonds is 3. The lowest BCUT2D eigenvalue weighted by Crippen LogP contribution is -2.11. The molecule has 0 aliphatic carbocycles.